The van der Waals surface area contributed by atoms with E-state index < -0.39 is 5.60 Å². The van der Waals surface area contributed by atoms with Crippen molar-refractivity contribution < 1.29 is 14.3 Å². The number of aromatic nitrogens is 3. The Bertz CT molecular complexity index is 1510. The zero-order valence-electron chi connectivity index (χ0n) is 27.3. The lowest BCUT2D eigenvalue weighted by Crippen LogP contribution is -2.52. The van der Waals surface area contributed by atoms with Gasteiger partial charge in [0, 0.05) is 81.1 Å². The molecule has 3 aromatic rings. The molecule has 0 bridgehead atoms. The predicted octanol–water partition coefficient (Wildman–Crippen LogP) is 4.95. The standard InChI is InChI=1S/C34H47ClN8O3/c1-34(2,3)46-33(45)43-17-15-40(16-18-43)21-24-10-13-42(14-11-24)30(44)23-41-12-6-7-25(22-41)38-32-37-20-28(35)31(39-32)27-19-36-29-9-5-4-8-26(27)29/h4-5,8-9,19-20,24-25,36H,6-7,10-18,21-23H2,1-3H3,(H,37,38,39). The quantitative estimate of drug-likeness (QED) is 0.370. The van der Waals surface area contributed by atoms with E-state index in [9.17, 15) is 9.59 Å². The number of carbonyl (C=O) groups is 2. The van der Waals surface area contributed by atoms with Gasteiger partial charge < -0.3 is 24.8 Å². The van der Waals surface area contributed by atoms with E-state index in [4.69, 9.17) is 21.3 Å². The molecule has 2 aromatic heterocycles. The summed E-state index contributed by atoms with van der Waals surface area (Å²) in [4.78, 5) is 46.8. The summed E-state index contributed by atoms with van der Waals surface area (Å²) in [6.45, 7) is 13.6. The monoisotopic (exact) mass is 650 g/mol. The van der Waals surface area contributed by atoms with Gasteiger partial charge in [-0.05, 0) is 65.0 Å². The molecule has 46 heavy (non-hydrogen) atoms. The number of piperidine rings is 2. The molecule has 3 saturated heterocycles. The summed E-state index contributed by atoms with van der Waals surface area (Å²) < 4.78 is 5.53. The molecule has 3 aliphatic heterocycles. The highest BCUT2D eigenvalue weighted by Crippen LogP contribution is 2.32. The third-order valence-corrected chi connectivity index (χ3v) is 9.57. The molecule has 1 unspecified atom stereocenters. The molecule has 0 spiro atoms. The van der Waals surface area contributed by atoms with Crippen LogP contribution < -0.4 is 5.32 Å². The fourth-order valence-corrected chi connectivity index (χ4v) is 7.05. The number of aromatic amines is 1. The minimum Gasteiger partial charge on any atom is -0.444 e. The molecule has 11 nitrogen and oxygen atoms in total. The maximum Gasteiger partial charge on any atom is 0.410 e. The number of hydrogen-bond donors (Lipinski definition) is 2. The van der Waals surface area contributed by atoms with Crippen LogP contribution in [0.5, 0.6) is 0 Å². The van der Waals surface area contributed by atoms with Crippen LogP contribution in [0.15, 0.2) is 36.7 Å². The molecule has 5 heterocycles. The van der Waals surface area contributed by atoms with Crippen molar-refractivity contribution in [2.24, 2.45) is 5.92 Å². The summed E-state index contributed by atoms with van der Waals surface area (Å²) >= 11 is 6.54. The molecule has 0 saturated carbocycles. The minimum atomic E-state index is -0.470. The maximum atomic E-state index is 13.3. The van der Waals surface area contributed by atoms with Gasteiger partial charge in [-0.15, -0.1) is 0 Å². The Hall–Kier alpha value is -3.41. The second kappa shape index (κ2) is 14.1. The number of rotatable bonds is 7. The van der Waals surface area contributed by atoms with Crippen molar-refractivity contribution in [1.29, 1.82) is 0 Å². The van der Waals surface area contributed by atoms with E-state index in [1.54, 1.807) is 6.20 Å². The molecule has 0 radical (unpaired) electrons. The number of para-hydroxylation sites is 1. The van der Waals surface area contributed by atoms with Crippen LogP contribution in [-0.4, -0.2) is 124 Å². The number of amides is 2. The van der Waals surface area contributed by atoms with Gasteiger partial charge in [-0.2, -0.15) is 0 Å². The normalized spacial score (nSPS) is 20.7. The molecular weight excluding hydrogens is 604 g/mol. The van der Waals surface area contributed by atoms with Crippen LogP contribution in [0.1, 0.15) is 46.5 Å². The number of ether oxygens (including phenoxy) is 1. The summed E-state index contributed by atoms with van der Waals surface area (Å²) in [5, 5.41) is 5.09. The van der Waals surface area contributed by atoms with Crippen LogP contribution >= 0.6 is 11.6 Å². The number of H-pyrrole nitrogens is 1. The van der Waals surface area contributed by atoms with Crippen molar-refractivity contribution in [3.63, 3.8) is 0 Å². The van der Waals surface area contributed by atoms with Gasteiger partial charge >= 0.3 is 6.09 Å². The van der Waals surface area contributed by atoms with Gasteiger partial charge in [0.25, 0.3) is 0 Å². The van der Waals surface area contributed by atoms with Crippen LogP contribution in [0.3, 0.4) is 0 Å². The van der Waals surface area contributed by atoms with E-state index >= 15 is 0 Å². The van der Waals surface area contributed by atoms with Crippen molar-refractivity contribution >= 4 is 40.5 Å². The molecule has 12 heteroatoms. The molecule has 6 rings (SSSR count). The third-order valence-electron chi connectivity index (χ3n) is 9.29. The second-order valence-corrected chi connectivity index (χ2v) is 14.4. The highest BCUT2D eigenvalue weighted by molar-refractivity contribution is 6.33. The first kappa shape index (κ1) is 32.5. The van der Waals surface area contributed by atoms with Crippen molar-refractivity contribution in [2.75, 3.05) is 70.8 Å². The van der Waals surface area contributed by atoms with E-state index in [1.807, 2.05) is 55.0 Å². The Morgan fingerprint density at radius 1 is 1.00 bits per heavy atom. The molecular formula is C34H47ClN8O3. The Morgan fingerprint density at radius 2 is 1.76 bits per heavy atom. The van der Waals surface area contributed by atoms with Crippen LogP contribution in [-0.2, 0) is 9.53 Å². The molecule has 3 aliphatic rings. The Labute approximate surface area is 276 Å². The largest absolute Gasteiger partial charge is 0.444 e. The SMILES string of the molecule is CC(C)(C)OC(=O)N1CCN(CC2CCN(C(=O)CN3CCCC(Nc4ncc(Cl)c(-c5c[nH]c6ccccc56)n4)C3)CC2)CC1. The van der Waals surface area contributed by atoms with Crippen molar-refractivity contribution in [3.8, 4) is 11.3 Å². The Morgan fingerprint density at radius 3 is 2.52 bits per heavy atom. The van der Waals surface area contributed by atoms with Gasteiger partial charge in [-0.25, -0.2) is 14.8 Å². The summed E-state index contributed by atoms with van der Waals surface area (Å²) in [7, 11) is 0. The number of piperazine rings is 1. The number of anilines is 1. The van der Waals surface area contributed by atoms with Gasteiger partial charge in [-0.3, -0.25) is 14.6 Å². The van der Waals surface area contributed by atoms with E-state index in [2.05, 4.69) is 31.2 Å². The highest BCUT2D eigenvalue weighted by atomic mass is 35.5. The topological polar surface area (TPSA) is 110 Å². The highest BCUT2D eigenvalue weighted by Gasteiger charge is 2.30. The second-order valence-electron chi connectivity index (χ2n) is 13.9. The lowest BCUT2D eigenvalue weighted by molar-refractivity contribution is -0.134. The molecule has 248 valence electrons. The first-order valence-corrected chi connectivity index (χ1v) is 17.0. The van der Waals surface area contributed by atoms with Gasteiger partial charge in [0.1, 0.15) is 5.60 Å². The van der Waals surface area contributed by atoms with E-state index in [1.165, 1.54) is 0 Å². The maximum absolute atomic E-state index is 13.3. The van der Waals surface area contributed by atoms with Gasteiger partial charge in [0.05, 0.1) is 23.5 Å². The van der Waals surface area contributed by atoms with E-state index in [0.717, 1.165) is 88.0 Å². The van der Waals surface area contributed by atoms with Gasteiger partial charge in [-0.1, -0.05) is 29.8 Å². The van der Waals surface area contributed by atoms with Crippen LogP contribution in [0.4, 0.5) is 10.7 Å². The number of likely N-dealkylation sites (tertiary alicyclic amines) is 2. The molecule has 1 atom stereocenters. The predicted molar refractivity (Wildman–Crippen MR) is 181 cm³/mol. The van der Waals surface area contributed by atoms with E-state index in [0.29, 0.717) is 42.2 Å². The first-order chi connectivity index (χ1) is 22.1. The number of hydrogen-bond acceptors (Lipinski definition) is 8. The van der Waals surface area contributed by atoms with Crippen molar-refractivity contribution in [3.05, 3.63) is 41.7 Å². The number of carbonyl (C=O) groups excluding carboxylic acids is 2. The zero-order chi connectivity index (χ0) is 32.3. The lowest BCUT2D eigenvalue weighted by atomic mass is 9.95. The third kappa shape index (κ3) is 8.11. The van der Waals surface area contributed by atoms with Crippen LogP contribution in [0.25, 0.3) is 22.2 Å². The average Bonchev–Trinajstić information content (AvgIpc) is 3.46. The molecule has 2 amide bonds. The number of fused-ring (bicyclic) bond motifs is 1. The van der Waals surface area contributed by atoms with E-state index in [-0.39, 0.29) is 18.0 Å². The number of nitrogens with zero attached hydrogens (tertiary/aromatic N) is 6. The number of nitrogens with one attached hydrogen (secondary N) is 2. The molecule has 2 N–H and O–H groups in total. The fraction of sp³-hybridized carbons (Fsp3) is 0.588. The van der Waals surface area contributed by atoms with Crippen molar-refractivity contribution in [1.82, 2.24) is 34.6 Å². The number of benzene rings is 1. The fourth-order valence-electron chi connectivity index (χ4n) is 6.85. The zero-order valence-corrected chi connectivity index (χ0v) is 28.1. The van der Waals surface area contributed by atoms with Crippen LogP contribution in [0, 0.1) is 5.92 Å². The summed E-state index contributed by atoms with van der Waals surface area (Å²) in [6.07, 6.45) is 7.43. The minimum absolute atomic E-state index is 0.153. The Kier molecular flexibility index (Phi) is 10.0. The first-order valence-electron chi connectivity index (χ1n) is 16.7. The smallest absolute Gasteiger partial charge is 0.410 e. The Balaban J connectivity index is 0.944. The summed E-state index contributed by atoms with van der Waals surface area (Å²) in [5.41, 5.74) is 2.22. The number of halogens is 1. The average molecular weight is 651 g/mol. The van der Waals surface area contributed by atoms with Crippen LogP contribution in [0.2, 0.25) is 5.02 Å². The van der Waals surface area contributed by atoms with Gasteiger partial charge in [0.15, 0.2) is 0 Å². The molecule has 0 aliphatic carbocycles. The summed E-state index contributed by atoms with van der Waals surface area (Å²) in [5.74, 6) is 1.35. The molecule has 3 fully saturated rings. The van der Waals surface area contributed by atoms with Crippen molar-refractivity contribution in [2.45, 2.75) is 58.1 Å². The lowest BCUT2D eigenvalue weighted by Gasteiger charge is -2.39. The molecule has 1 aromatic carbocycles. The summed E-state index contributed by atoms with van der Waals surface area (Å²) in [6, 6.07) is 8.25. The van der Waals surface area contributed by atoms with Gasteiger partial charge in [0.2, 0.25) is 11.9 Å².